The van der Waals surface area contributed by atoms with Gasteiger partial charge in [0.2, 0.25) is 0 Å². The Morgan fingerprint density at radius 1 is 1.11 bits per heavy atom. The predicted octanol–water partition coefficient (Wildman–Crippen LogP) is 5.29. The standard InChI is InChI=1S/C24H32FNO/c1-18-10-4-5-11-19(18)15-17-24(27)16-9-8-13-21(24)23(26(2)3)20-12-6-7-14-22(20)25/h4-7,10-12,14,21,23,27H,8-9,13,15-17H2,1-3H3. The lowest BCUT2D eigenvalue weighted by Crippen LogP contribution is -2.47. The monoisotopic (exact) mass is 369 g/mol. The largest absolute Gasteiger partial charge is 0.390 e. The lowest BCUT2D eigenvalue weighted by molar-refractivity contribution is -0.0834. The summed E-state index contributed by atoms with van der Waals surface area (Å²) in [6, 6.07) is 15.3. The van der Waals surface area contributed by atoms with Crippen molar-refractivity contribution in [3.63, 3.8) is 0 Å². The summed E-state index contributed by atoms with van der Waals surface area (Å²) >= 11 is 0. The van der Waals surface area contributed by atoms with Crippen LogP contribution in [0.3, 0.4) is 0 Å². The Bertz CT molecular complexity index is 760. The van der Waals surface area contributed by atoms with Crippen molar-refractivity contribution in [3.8, 4) is 0 Å². The molecule has 146 valence electrons. The minimum Gasteiger partial charge on any atom is -0.390 e. The highest BCUT2D eigenvalue weighted by Crippen LogP contribution is 2.46. The molecule has 2 nitrogen and oxygen atoms in total. The van der Waals surface area contributed by atoms with E-state index >= 15 is 0 Å². The molecule has 0 heterocycles. The van der Waals surface area contributed by atoms with E-state index in [0.717, 1.165) is 38.5 Å². The van der Waals surface area contributed by atoms with Gasteiger partial charge in [0, 0.05) is 17.5 Å². The highest BCUT2D eigenvalue weighted by molar-refractivity contribution is 5.27. The van der Waals surface area contributed by atoms with Gasteiger partial charge in [0.15, 0.2) is 0 Å². The third-order valence-electron chi connectivity index (χ3n) is 6.31. The first-order chi connectivity index (χ1) is 12.9. The number of benzene rings is 2. The number of nitrogens with zero attached hydrogens (tertiary/aromatic N) is 1. The molecule has 0 bridgehead atoms. The van der Waals surface area contributed by atoms with Crippen LogP contribution in [0.2, 0.25) is 0 Å². The number of aryl methyl sites for hydroxylation is 2. The summed E-state index contributed by atoms with van der Waals surface area (Å²) < 4.78 is 14.6. The first kappa shape index (κ1) is 20.0. The second-order valence-electron chi connectivity index (χ2n) is 8.31. The maximum absolute atomic E-state index is 14.6. The molecular formula is C24H32FNO. The molecule has 0 aromatic heterocycles. The van der Waals surface area contributed by atoms with Crippen molar-refractivity contribution in [1.82, 2.24) is 4.90 Å². The van der Waals surface area contributed by atoms with Crippen LogP contribution in [0.15, 0.2) is 48.5 Å². The number of halogens is 1. The third-order valence-corrected chi connectivity index (χ3v) is 6.31. The van der Waals surface area contributed by atoms with Crippen LogP contribution in [0.1, 0.15) is 54.8 Å². The minimum atomic E-state index is -0.766. The first-order valence-electron chi connectivity index (χ1n) is 10.1. The molecule has 3 heteroatoms. The van der Waals surface area contributed by atoms with Crippen LogP contribution in [-0.4, -0.2) is 29.7 Å². The van der Waals surface area contributed by atoms with Gasteiger partial charge in [0.05, 0.1) is 5.60 Å². The fraction of sp³-hybridized carbons (Fsp3) is 0.500. The van der Waals surface area contributed by atoms with E-state index in [1.54, 1.807) is 6.07 Å². The van der Waals surface area contributed by atoms with E-state index in [1.165, 1.54) is 17.2 Å². The van der Waals surface area contributed by atoms with Crippen molar-refractivity contribution >= 4 is 0 Å². The Morgan fingerprint density at radius 2 is 1.81 bits per heavy atom. The first-order valence-corrected chi connectivity index (χ1v) is 10.1. The Morgan fingerprint density at radius 3 is 2.52 bits per heavy atom. The summed E-state index contributed by atoms with van der Waals surface area (Å²) in [5, 5.41) is 11.7. The molecule has 0 saturated heterocycles. The lowest BCUT2D eigenvalue weighted by Gasteiger charge is -2.46. The van der Waals surface area contributed by atoms with Gasteiger partial charge < -0.3 is 10.0 Å². The third kappa shape index (κ3) is 4.41. The van der Waals surface area contributed by atoms with E-state index in [1.807, 2.05) is 26.2 Å². The minimum absolute atomic E-state index is 0.0298. The molecule has 0 aliphatic heterocycles. The van der Waals surface area contributed by atoms with Crippen LogP contribution in [0.4, 0.5) is 4.39 Å². The summed E-state index contributed by atoms with van der Waals surface area (Å²) in [6.45, 7) is 2.12. The molecule has 0 radical (unpaired) electrons. The summed E-state index contributed by atoms with van der Waals surface area (Å²) in [5.74, 6) is -0.148. The molecule has 2 aromatic carbocycles. The van der Waals surface area contributed by atoms with Gasteiger partial charge in [-0.05, 0) is 63.9 Å². The molecule has 1 N–H and O–H groups in total. The number of hydrogen-bond acceptors (Lipinski definition) is 2. The fourth-order valence-corrected chi connectivity index (χ4v) is 4.82. The summed E-state index contributed by atoms with van der Waals surface area (Å²) in [7, 11) is 3.99. The Kier molecular flexibility index (Phi) is 6.33. The van der Waals surface area contributed by atoms with E-state index < -0.39 is 5.60 Å². The lowest BCUT2D eigenvalue weighted by atomic mass is 9.67. The quantitative estimate of drug-likeness (QED) is 0.748. The van der Waals surface area contributed by atoms with Gasteiger partial charge in [-0.25, -0.2) is 4.39 Å². The smallest absolute Gasteiger partial charge is 0.127 e. The van der Waals surface area contributed by atoms with Gasteiger partial charge in [-0.15, -0.1) is 0 Å². The van der Waals surface area contributed by atoms with E-state index in [4.69, 9.17) is 0 Å². The Labute approximate surface area is 163 Å². The summed E-state index contributed by atoms with van der Waals surface area (Å²) in [5.41, 5.74) is 2.50. The maximum Gasteiger partial charge on any atom is 0.127 e. The molecule has 2 aromatic rings. The van der Waals surface area contributed by atoms with Crippen LogP contribution in [0, 0.1) is 18.7 Å². The van der Waals surface area contributed by atoms with E-state index in [0.29, 0.717) is 5.56 Å². The van der Waals surface area contributed by atoms with Gasteiger partial charge in [-0.2, -0.15) is 0 Å². The van der Waals surface area contributed by atoms with Gasteiger partial charge in [0.25, 0.3) is 0 Å². The van der Waals surface area contributed by atoms with Gasteiger partial charge in [0.1, 0.15) is 5.82 Å². The normalized spacial score (nSPS) is 24.1. The molecule has 0 amide bonds. The SMILES string of the molecule is Cc1ccccc1CCC1(O)CCCCC1C(c1ccccc1F)N(C)C. The van der Waals surface area contributed by atoms with Crippen LogP contribution in [0.25, 0.3) is 0 Å². The van der Waals surface area contributed by atoms with Gasteiger partial charge in [-0.1, -0.05) is 55.3 Å². The maximum atomic E-state index is 14.6. The zero-order chi connectivity index (χ0) is 19.4. The Balaban J connectivity index is 1.88. The predicted molar refractivity (Wildman–Crippen MR) is 109 cm³/mol. The average Bonchev–Trinajstić information content (AvgIpc) is 2.64. The fourth-order valence-electron chi connectivity index (χ4n) is 4.82. The molecule has 27 heavy (non-hydrogen) atoms. The highest BCUT2D eigenvalue weighted by Gasteiger charge is 2.44. The molecule has 1 aliphatic carbocycles. The van der Waals surface area contributed by atoms with Crippen molar-refractivity contribution in [2.45, 2.75) is 57.1 Å². The van der Waals surface area contributed by atoms with Crippen molar-refractivity contribution in [3.05, 3.63) is 71.0 Å². The number of rotatable bonds is 6. The van der Waals surface area contributed by atoms with E-state index in [-0.39, 0.29) is 17.8 Å². The molecular weight excluding hydrogens is 337 g/mol. The van der Waals surface area contributed by atoms with Gasteiger partial charge >= 0.3 is 0 Å². The zero-order valence-electron chi connectivity index (χ0n) is 16.8. The second-order valence-corrected chi connectivity index (χ2v) is 8.31. The van der Waals surface area contributed by atoms with Gasteiger partial charge in [-0.3, -0.25) is 0 Å². The van der Waals surface area contributed by atoms with Crippen LogP contribution in [0.5, 0.6) is 0 Å². The number of aliphatic hydroxyl groups is 1. The molecule has 3 rings (SSSR count). The van der Waals surface area contributed by atoms with E-state index in [2.05, 4.69) is 36.1 Å². The summed E-state index contributed by atoms with van der Waals surface area (Å²) in [4.78, 5) is 2.08. The molecule has 3 atom stereocenters. The molecule has 1 fully saturated rings. The van der Waals surface area contributed by atoms with Crippen molar-refractivity contribution in [1.29, 1.82) is 0 Å². The molecule has 0 spiro atoms. The zero-order valence-corrected chi connectivity index (χ0v) is 16.8. The van der Waals surface area contributed by atoms with Crippen molar-refractivity contribution in [2.75, 3.05) is 14.1 Å². The highest BCUT2D eigenvalue weighted by atomic mass is 19.1. The average molecular weight is 370 g/mol. The van der Waals surface area contributed by atoms with Crippen LogP contribution >= 0.6 is 0 Å². The Hall–Kier alpha value is -1.71. The molecule has 3 unspecified atom stereocenters. The molecule has 1 saturated carbocycles. The number of hydrogen-bond donors (Lipinski definition) is 1. The van der Waals surface area contributed by atoms with E-state index in [9.17, 15) is 9.50 Å². The van der Waals surface area contributed by atoms with Crippen LogP contribution in [-0.2, 0) is 6.42 Å². The molecule has 1 aliphatic rings. The second kappa shape index (κ2) is 8.53. The topological polar surface area (TPSA) is 23.5 Å². The van der Waals surface area contributed by atoms with Crippen LogP contribution < -0.4 is 0 Å². The van der Waals surface area contributed by atoms with Crippen molar-refractivity contribution < 1.29 is 9.50 Å². The summed E-state index contributed by atoms with van der Waals surface area (Å²) in [6.07, 6.45) is 5.44. The van der Waals surface area contributed by atoms with Crippen molar-refractivity contribution in [2.24, 2.45) is 5.92 Å².